The summed E-state index contributed by atoms with van der Waals surface area (Å²) in [5.74, 6) is 0.310. The fourth-order valence-electron chi connectivity index (χ4n) is 2.69. The van der Waals surface area contributed by atoms with E-state index in [1.54, 1.807) is 6.07 Å². The van der Waals surface area contributed by atoms with E-state index in [-0.39, 0.29) is 30.9 Å². The maximum absolute atomic E-state index is 10.0. The van der Waals surface area contributed by atoms with Gasteiger partial charge >= 0.3 is 0 Å². The predicted octanol–water partition coefficient (Wildman–Crippen LogP) is 2.42. The van der Waals surface area contributed by atoms with Gasteiger partial charge in [-0.2, -0.15) is 5.10 Å². The molecule has 0 fully saturated rings. The van der Waals surface area contributed by atoms with Crippen molar-refractivity contribution in [2.24, 2.45) is 5.73 Å². The molecular weight excluding hydrogens is 285 g/mol. The minimum Gasteiger partial charge on any atom is -0.506 e. The highest BCUT2D eigenvalue weighted by Gasteiger charge is 2.20. The van der Waals surface area contributed by atoms with E-state index in [9.17, 15) is 5.11 Å². The molecule has 3 rings (SSSR count). The van der Waals surface area contributed by atoms with Crippen molar-refractivity contribution in [2.75, 3.05) is 0 Å². The summed E-state index contributed by atoms with van der Waals surface area (Å²) in [6.45, 7) is 2.60. The maximum atomic E-state index is 10.0. The minimum atomic E-state index is 0. The molecule has 2 aromatic rings. The van der Waals surface area contributed by atoms with Gasteiger partial charge in [-0.3, -0.25) is 4.68 Å². The number of nitrogens with zero attached hydrogens (tertiary/aromatic N) is 2. The predicted molar refractivity (Wildman–Crippen MR) is 81.6 cm³/mol. The number of aromatic hydroxyl groups is 1. The van der Waals surface area contributed by atoms with E-state index in [1.165, 1.54) is 5.56 Å². The highest BCUT2D eigenvalue weighted by molar-refractivity contribution is 5.91. The average molecular weight is 304 g/mol. The quantitative estimate of drug-likeness (QED) is 0.895. The van der Waals surface area contributed by atoms with Gasteiger partial charge in [-0.05, 0) is 37.8 Å². The van der Waals surface area contributed by atoms with Gasteiger partial charge < -0.3 is 10.8 Å². The number of rotatable bonds is 2. The largest absolute Gasteiger partial charge is 0.506 e. The molecule has 4 nitrogen and oxygen atoms in total. The summed E-state index contributed by atoms with van der Waals surface area (Å²) < 4.78 is 1.86. The molecule has 106 valence electrons. The molecule has 0 radical (unpaired) electrons. The van der Waals surface area contributed by atoms with Crippen LogP contribution in [0.25, 0.3) is 10.9 Å². The second kappa shape index (κ2) is 5.99. The summed E-state index contributed by atoms with van der Waals surface area (Å²) in [6.07, 6.45) is 3.22. The van der Waals surface area contributed by atoms with Crippen LogP contribution >= 0.6 is 24.8 Å². The van der Waals surface area contributed by atoms with E-state index in [4.69, 9.17) is 5.73 Å². The number of nitrogens with two attached hydrogens (primary N) is 1. The van der Waals surface area contributed by atoms with Crippen molar-refractivity contribution in [1.82, 2.24) is 9.78 Å². The normalized spacial score (nSPS) is 14.6. The lowest BCUT2D eigenvalue weighted by Gasteiger charge is -2.11. The number of phenols is 1. The van der Waals surface area contributed by atoms with Crippen LogP contribution in [0.1, 0.15) is 24.6 Å². The molecule has 1 aliphatic carbocycles. The number of hydrogen-bond acceptors (Lipinski definition) is 3. The standard InChI is InChI=1S/C13H17N3O.2ClH/c1-8(14)7-16-13-11(17)6-5-9-3-2-4-10(15-16)12(9)13;;/h5-6,8,17H,2-4,7,14H2,1H3;2*1H. The van der Waals surface area contributed by atoms with Gasteiger partial charge in [0.2, 0.25) is 0 Å². The molecule has 19 heavy (non-hydrogen) atoms. The van der Waals surface area contributed by atoms with Gasteiger partial charge in [0.25, 0.3) is 0 Å². The van der Waals surface area contributed by atoms with Gasteiger partial charge in [0.15, 0.2) is 0 Å². The van der Waals surface area contributed by atoms with Crippen LogP contribution in [0.2, 0.25) is 0 Å². The second-order valence-corrected chi connectivity index (χ2v) is 4.93. The van der Waals surface area contributed by atoms with E-state index in [2.05, 4.69) is 5.10 Å². The minimum absolute atomic E-state index is 0. The first-order chi connectivity index (χ1) is 8.16. The topological polar surface area (TPSA) is 64.1 Å². The monoisotopic (exact) mass is 303 g/mol. The van der Waals surface area contributed by atoms with Crippen LogP contribution in [-0.2, 0) is 19.4 Å². The first kappa shape index (κ1) is 16.1. The van der Waals surface area contributed by atoms with E-state index in [0.29, 0.717) is 12.3 Å². The Morgan fingerprint density at radius 3 is 2.79 bits per heavy atom. The Balaban J connectivity index is 0.000000902. The molecule has 0 bridgehead atoms. The molecule has 0 spiro atoms. The number of aryl methyl sites for hydroxylation is 2. The molecule has 1 aromatic carbocycles. The lowest BCUT2D eigenvalue weighted by atomic mass is 9.94. The summed E-state index contributed by atoms with van der Waals surface area (Å²) in [4.78, 5) is 0. The summed E-state index contributed by atoms with van der Waals surface area (Å²) in [5.41, 5.74) is 9.09. The highest BCUT2D eigenvalue weighted by Crippen LogP contribution is 2.34. The number of halogens is 2. The first-order valence-corrected chi connectivity index (χ1v) is 6.12. The molecule has 1 aromatic heterocycles. The molecule has 0 saturated heterocycles. The van der Waals surface area contributed by atoms with Crippen LogP contribution in [0, 0.1) is 0 Å². The Bertz CT molecular complexity index is 581. The van der Waals surface area contributed by atoms with Crippen molar-refractivity contribution in [3.8, 4) is 5.75 Å². The van der Waals surface area contributed by atoms with Crippen molar-refractivity contribution in [3.63, 3.8) is 0 Å². The highest BCUT2D eigenvalue weighted by atomic mass is 35.5. The van der Waals surface area contributed by atoms with Crippen LogP contribution in [0.5, 0.6) is 5.75 Å². The fraction of sp³-hybridized carbons (Fsp3) is 0.462. The third-order valence-electron chi connectivity index (χ3n) is 3.35. The van der Waals surface area contributed by atoms with Crippen LogP contribution in [0.15, 0.2) is 12.1 Å². The van der Waals surface area contributed by atoms with Gasteiger partial charge in [-0.1, -0.05) is 6.07 Å². The molecule has 1 unspecified atom stereocenters. The number of phenolic OH excluding ortho intramolecular Hbond substituents is 1. The number of hydrogen-bond donors (Lipinski definition) is 2. The van der Waals surface area contributed by atoms with E-state index in [0.717, 1.165) is 35.9 Å². The van der Waals surface area contributed by atoms with Crippen LogP contribution in [0.3, 0.4) is 0 Å². The van der Waals surface area contributed by atoms with Crippen LogP contribution in [-0.4, -0.2) is 20.9 Å². The SMILES string of the molecule is CC(N)Cn1nc2c3c(ccc(O)c31)CCC2.Cl.Cl. The average Bonchev–Trinajstić information content (AvgIpc) is 2.63. The maximum Gasteiger partial charge on any atom is 0.141 e. The van der Waals surface area contributed by atoms with E-state index < -0.39 is 0 Å². The van der Waals surface area contributed by atoms with Gasteiger partial charge in [-0.25, -0.2) is 0 Å². The molecule has 1 atom stereocenters. The zero-order valence-electron chi connectivity index (χ0n) is 10.8. The van der Waals surface area contributed by atoms with Gasteiger partial charge in [0, 0.05) is 11.4 Å². The second-order valence-electron chi connectivity index (χ2n) is 4.93. The molecule has 0 aliphatic heterocycles. The van der Waals surface area contributed by atoms with Crippen molar-refractivity contribution >= 4 is 35.7 Å². The third kappa shape index (κ3) is 2.66. The Labute approximate surface area is 124 Å². The summed E-state index contributed by atoms with van der Waals surface area (Å²) >= 11 is 0. The van der Waals surface area contributed by atoms with Crippen molar-refractivity contribution in [3.05, 3.63) is 23.4 Å². The molecule has 0 saturated carbocycles. The molecule has 6 heteroatoms. The van der Waals surface area contributed by atoms with Crippen LogP contribution < -0.4 is 5.73 Å². The molecule has 1 heterocycles. The Morgan fingerprint density at radius 2 is 2.11 bits per heavy atom. The zero-order chi connectivity index (χ0) is 12.0. The molecule has 0 amide bonds. The van der Waals surface area contributed by atoms with Crippen molar-refractivity contribution in [1.29, 1.82) is 0 Å². The van der Waals surface area contributed by atoms with Gasteiger partial charge in [0.1, 0.15) is 11.3 Å². The Kier molecular flexibility index (Phi) is 5.07. The van der Waals surface area contributed by atoms with Crippen molar-refractivity contribution < 1.29 is 5.11 Å². The van der Waals surface area contributed by atoms with Crippen LogP contribution in [0.4, 0.5) is 0 Å². The lowest BCUT2D eigenvalue weighted by molar-refractivity contribution is 0.471. The number of benzene rings is 1. The first-order valence-electron chi connectivity index (χ1n) is 6.12. The molecule has 3 N–H and O–H groups in total. The number of aromatic nitrogens is 2. The molecule has 1 aliphatic rings. The lowest BCUT2D eigenvalue weighted by Crippen LogP contribution is -2.22. The van der Waals surface area contributed by atoms with Crippen molar-refractivity contribution in [2.45, 2.75) is 38.8 Å². The van der Waals surface area contributed by atoms with E-state index >= 15 is 0 Å². The van der Waals surface area contributed by atoms with Gasteiger partial charge in [0.05, 0.1) is 12.2 Å². The third-order valence-corrected chi connectivity index (χ3v) is 3.35. The Morgan fingerprint density at radius 1 is 1.37 bits per heavy atom. The summed E-state index contributed by atoms with van der Waals surface area (Å²) in [5, 5.41) is 15.8. The van der Waals surface area contributed by atoms with Gasteiger partial charge in [-0.15, -0.1) is 24.8 Å². The Hall–Kier alpha value is -0.970. The summed E-state index contributed by atoms with van der Waals surface area (Å²) in [7, 11) is 0. The summed E-state index contributed by atoms with van der Waals surface area (Å²) in [6, 6.07) is 3.82. The zero-order valence-corrected chi connectivity index (χ0v) is 12.4. The van der Waals surface area contributed by atoms with E-state index in [1.807, 2.05) is 17.7 Å². The molecular formula is C13H19Cl2N3O. The smallest absolute Gasteiger partial charge is 0.141 e. The fourth-order valence-corrected chi connectivity index (χ4v) is 2.69.